The maximum atomic E-state index is 10.4. The summed E-state index contributed by atoms with van der Waals surface area (Å²) in [6.45, 7) is 0.590. The molecule has 0 saturated heterocycles. The standard InChI is InChI=1S/C17H13NO2S/c19-15-12-8-4-5-9-14(12)21-16(15)17-18-10-13(20-17)11-6-2-1-3-7-11/h1-9,13,19H,10H2. The molecule has 0 fully saturated rings. The fourth-order valence-corrected chi connectivity index (χ4v) is 3.57. The summed E-state index contributed by atoms with van der Waals surface area (Å²) in [7, 11) is 0. The molecular formula is C17H13NO2S. The van der Waals surface area contributed by atoms with Gasteiger partial charge in [0.05, 0.1) is 6.54 Å². The summed E-state index contributed by atoms with van der Waals surface area (Å²) >= 11 is 1.51. The first kappa shape index (κ1) is 12.4. The molecule has 1 aliphatic heterocycles. The molecule has 1 aliphatic rings. The van der Waals surface area contributed by atoms with Crippen LogP contribution >= 0.6 is 11.3 Å². The van der Waals surface area contributed by atoms with E-state index in [1.165, 1.54) is 11.3 Å². The second kappa shape index (κ2) is 4.90. The molecule has 0 bridgehead atoms. The topological polar surface area (TPSA) is 41.8 Å². The van der Waals surface area contributed by atoms with Crippen molar-refractivity contribution in [3.63, 3.8) is 0 Å². The van der Waals surface area contributed by atoms with Crippen molar-refractivity contribution < 1.29 is 9.84 Å². The molecule has 0 amide bonds. The monoisotopic (exact) mass is 295 g/mol. The fourth-order valence-electron chi connectivity index (χ4n) is 2.52. The predicted octanol–water partition coefficient (Wildman–Crippen LogP) is 4.13. The highest BCUT2D eigenvalue weighted by Gasteiger charge is 2.26. The molecule has 21 heavy (non-hydrogen) atoms. The third kappa shape index (κ3) is 2.08. The minimum Gasteiger partial charge on any atom is -0.506 e. The number of fused-ring (bicyclic) bond motifs is 1. The first-order chi connectivity index (χ1) is 10.3. The number of benzene rings is 2. The van der Waals surface area contributed by atoms with Gasteiger partial charge in [-0.2, -0.15) is 0 Å². The highest BCUT2D eigenvalue weighted by molar-refractivity contribution is 7.21. The number of nitrogens with zero attached hydrogens (tertiary/aromatic N) is 1. The smallest absolute Gasteiger partial charge is 0.231 e. The summed E-state index contributed by atoms with van der Waals surface area (Å²) in [5.74, 6) is 0.811. The van der Waals surface area contributed by atoms with Crippen LogP contribution in [0.2, 0.25) is 0 Å². The number of hydrogen-bond acceptors (Lipinski definition) is 4. The van der Waals surface area contributed by atoms with Crippen LogP contribution in [0, 0.1) is 0 Å². The molecule has 104 valence electrons. The molecule has 0 saturated carbocycles. The third-order valence-electron chi connectivity index (χ3n) is 3.59. The number of aromatic hydroxyl groups is 1. The van der Waals surface area contributed by atoms with Gasteiger partial charge < -0.3 is 9.84 Å². The Hall–Kier alpha value is -2.33. The Morgan fingerprint density at radius 2 is 1.81 bits per heavy atom. The van der Waals surface area contributed by atoms with Gasteiger partial charge in [-0.3, -0.25) is 0 Å². The average molecular weight is 295 g/mol. The van der Waals surface area contributed by atoms with E-state index in [9.17, 15) is 5.11 Å². The summed E-state index contributed by atoms with van der Waals surface area (Å²) in [6.07, 6.45) is -0.0641. The quantitative estimate of drug-likeness (QED) is 0.772. The maximum absolute atomic E-state index is 10.4. The fraction of sp³-hybridized carbons (Fsp3) is 0.118. The van der Waals surface area contributed by atoms with Crippen LogP contribution in [0.3, 0.4) is 0 Å². The lowest BCUT2D eigenvalue weighted by Crippen LogP contribution is -2.05. The van der Waals surface area contributed by atoms with Crippen molar-refractivity contribution in [2.75, 3.05) is 6.54 Å². The zero-order valence-corrected chi connectivity index (χ0v) is 12.0. The van der Waals surface area contributed by atoms with Crippen molar-refractivity contribution in [1.82, 2.24) is 0 Å². The highest BCUT2D eigenvalue weighted by Crippen LogP contribution is 2.39. The average Bonchev–Trinajstić information content (AvgIpc) is 3.14. The van der Waals surface area contributed by atoms with Crippen LogP contribution in [-0.2, 0) is 4.74 Å². The van der Waals surface area contributed by atoms with Gasteiger partial charge in [0, 0.05) is 10.1 Å². The van der Waals surface area contributed by atoms with E-state index in [1.54, 1.807) is 0 Å². The molecule has 2 aromatic carbocycles. The molecule has 4 rings (SSSR count). The van der Waals surface area contributed by atoms with Gasteiger partial charge >= 0.3 is 0 Å². The van der Waals surface area contributed by atoms with Gasteiger partial charge in [0.2, 0.25) is 5.90 Å². The maximum Gasteiger partial charge on any atom is 0.231 e. The van der Waals surface area contributed by atoms with Gasteiger partial charge in [-0.25, -0.2) is 4.99 Å². The SMILES string of the molecule is Oc1c(C2=NCC(c3ccccc3)O2)sc2ccccc12. The highest BCUT2D eigenvalue weighted by atomic mass is 32.1. The van der Waals surface area contributed by atoms with Gasteiger partial charge in [-0.15, -0.1) is 11.3 Å². The molecule has 1 unspecified atom stereocenters. The molecule has 0 spiro atoms. The van der Waals surface area contributed by atoms with Crippen molar-refractivity contribution in [2.45, 2.75) is 6.10 Å². The lowest BCUT2D eigenvalue weighted by Gasteiger charge is -2.10. The van der Waals surface area contributed by atoms with Gasteiger partial charge in [-0.1, -0.05) is 42.5 Å². The minimum absolute atomic E-state index is 0.0641. The number of thiophene rings is 1. The number of rotatable bonds is 2. The largest absolute Gasteiger partial charge is 0.506 e. The Balaban J connectivity index is 1.67. The summed E-state index contributed by atoms with van der Waals surface area (Å²) in [4.78, 5) is 5.18. The van der Waals surface area contributed by atoms with Crippen molar-refractivity contribution >= 4 is 27.3 Å². The van der Waals surface area contributed by atoms with Crippen molar-refractivity contribution in [2.24, 2.45) is 4.99 Å². The van der Waals surface area contributed by atoms with E-state index in [4.69, 9.17) is 4.74 Å². The lowest BCUT2D eigenvalue weighted by molar-refractivity contribution is 0.230. The Labute approximate surface area is 126 Å². The Bertz CT molecular complexity index is 823. The third-order valence-corrected chi connectivity index (χ3v) is 4.74. The number of ether oxygens (including phenoxy) is 1. The van der Waals surface area contributed by atoms with Crippen LogP contribution in [0.15, 0.2) is 59.6 Å². The van der Waals surface area contributed by atoms with Gasteiger partial charge in [0.1, 0.15) is 16.7 Å². The second-order valence-corrected chi connectivity index (χ2v) is 5.99. The molecule has 4 heteroatoms. The molecule has 1 atom stereocenters. The van der Waals surface area contributed by atoms with E-state index >= 15 is 0 Å². The number of aliphatic imine (C=N–C) groups is 1. The van der Waals surface area contributed by atoms with Crippen LogP contribution < -0.4 is 0 Å². The van der Waals surface area contributed by atoms with E-state index in [0.717, 1.165) is 20.5 Å². The van der Waals surface area contributed by atoms with E-state index in [0.29, 0.717) is 12.4 Å². The number of hydrogen-bond donors (Lipinski definition) is 1. The Kier molecular flexibility index (Phi) is 2.89. The first-order valence-corrected chi connectivity index (χ1v) is 7.61. The van der Waals surface area contributed by atoms with Crippen LogP contribution in [0.25, 0.3) is 10.1 Å². The van der Waals surface area contributed by atoms with Crippen LogP contribution in [0.5, 0.6) is 5.75 Å². The Morgan fingerprint density at radius 1 is 1.05 bits per heavy atom. The molecule has 1 aromatic heterocycles. The zero-order chi connectivity index (χ0) is 14.2. The second-order valence-electron chi connectivity index (χ2n) is 4.94. The van der Waals surface area contributed by atoms with Crippen molar-refractivity contribution in [3.05, 3.63) is 65.0 Å². The molecule has 1 N–H and O–H groups in total. The van der Waals surface area contributed by atoms with Gasteiger partial charge in [0.15, 0.2) is 0 Å². The van der Waals surface area contributed by atoms with Crippen LogP contribution in [0.4, 0.5) is 0 Å². The van der Waals surface area contributed by atoms with Crippen molar-refractivity contribution in [3.8, 4) is 5.75 Å². The molecular weight excluding hydrogens is 282 g/mol. The molecule has 2 heterocycles. The van der Waals surface area contributed by atoms with Gasteiger partial charge in [-0.05, 0) is 17.7 Å². The van der Waals surface area contributed by atoms with E-state index < -0.39 is 0 Å². The summed E-state index contributed by atoms with van der Waals surface area (Å²) in [5.41, 5.74) is 1.11. The molecule has 3 nitrogen and oxygen atoms in total. The van der Waals surface area contributed by atoms with E-state index in [1.807, 2.05) is 54.6 Å². The molecule has 3 aromatic rings. The van der Waals surface area contributed by atoms with E-state index in [-0.39, 0.29) is 11.9 Å². The summed E-state index contributed by atoms with van der Waals surface area (Å²) < 4.78 is 6.99. The van der Waals surface area contributed by atoms with Crippen molar-refractivity contribution in [1.29, 1.82) is 0 Å². The first-order valence-electron chi connectivity index (χ1n) is 6.80. The predicted molar refractivity (Wildman–Crippen MR) is 85.2 cm³/mol. The van der Waals surface area contributed by atoms with E-state index in [2.05, 4.69) is 4.99 Å². The van der Waals surface area contributed by atoms with Crippen LogP contribution in [-0.4, -0.2) is 17.5 Å². The zero-order valence-electron chi connectivity index (χ0n) is 11.2. The Morgan fingerprint density at radius 3 is 2.62 bits per heavy atom. The lowest BCUT2D eigenvalue weighted by atomic mass is 10.1. The summed E-state index contributed by atoms with van der Waals surface area (Å²) in [5, 5.41) is 11.2. The molecule has 0 radical (unpaired) electrons. The molecule has 0 aliphatic carbocycles. The van der Waals surface area contributed by atoms with Crippen LogP contribution in [0.1, 0.15) is 16.5 Å². The normalized spacial score (nSPS) is 17.7. The van der Waals surface area contributed by atoms with Gasteiger partial charge in [0.25, 0.3) is 0 Å². The minimum atomic E-state index is -0.0641. The summed E-state index contributed by atoms with van der Waals surface area (Å²) in [6, 6.07) is 17.8.